The van der Waals surface area contributed by atoms with Crippen molar-refractivity contribution in [1.29, 1.82) is 0 Å². The van der Waals surface area contributed by atoms with Crippen LogP contribution in [0.5, 0.6) is 0 Å². The van der Waals surface area contributed by atoms with Crippen LogP contribution in [0.2, 0.25) is 5.02 Å². The van der Waals surface area contributed by atoms with Gasteiger partial charge in [0, 0.05) is 30.5 Å². The first-order chi connectivity index (χ1) is 12.5. The van der Waals surface area contributed by atoms with E-state index < -0.39 is 0 Å². The van der Waals surface area contributed by atoms with Crippen LogP contribution in [0.25, 0.3) is 11.3 Å². The molecule has 3 rings (SSSR count). The van der Waals surface area contributed by atoms with Crippen molar-refractivity contribution in [3.8, 4) is 11.3 Å². The largest absolute Gasteiger partial charge is 0.441 e. The maximum atomic E-state index is 12.5. The van der Waals surface area contributed by atoms with E-state index in [0.717, 1.165) is 11.1 Å². The highest BCUT2D eigenvalue weighted by molar-refractivity contribution is 6.30. The summed E-state index contributed by atoms with van der Waals surface area (Å²) in [6, 6.07) is 17.3. The lowest BCUT2D eigenvalue weighted by Gasteiger charge is -2.25. The third-order valence-corrected chi connectivity index (χ3v) is 4.71. The van der Waals surface area contributed by atoms with Crippen LogP contribution in [0, 0.1) is 0 Å². The molecule has 134 valence electrons. The second kappa shape index (κ2) is 8.19. The first kappa shape index (κ1) is 18.2. The molecule has 1 heterocycles. The van der Waals surface area contributed by atoms with Gasteiger partial charge in [0.15, 0.2) is 11.7 Å². The smallest absolute Gasteiger partial charge is 0.223 e. The summed E-state index contributed by atoms with van der Waals surface area (Å²) < 4.78 is 5.76. The third-order valence-electron chi connectivity index (χ3n) is 4.47. The Morgan fingerprint density at radius 2 is 1.96 bits per heavy atom. The van der Waals surface area contributed by atoms with Crippen molar-refractivity contribution >= 4 is 17.5 Å². The SMILES string of the molecule is CC(c1cccc(Cl)c1)N(C)C(=O)CCc1ncc(-c2ccccc2)o1. The van der Waals surface area contributed by atoms with Crippen LogP contribution < -0.4 is 0 Å². The molecule has 0 spiro atoms. The Balaban J connectivity index is 1.59. The normalized spacial score (nSPS) is 12.0. The minimum atomic E-state index is -0.0503. The van der Waals surface area contributed by atoms with Crippen molar-refractivity contribution in [3.05, 3.63) is 77.3 Å². The molecule has 0 aliphatic heterocycles. The number of carbonyl (C=O) groups excluding carboxylic acids is 1. The van der Waals surface area contributed by atoms with Crippen LogP contribution in [0.3, 0.4) is 0 Å². The summed E-state index contributed by atoms with van der Waals surface area (Å²) in [6.07, 6.45) is 2.52. The Bertz CT molecular complexity index is 876. The van der Waals surface area contributed by atoms with Crippen LogP contribution in [0.4, 0.5) is 0 Å². The van der Waals surface area contributed by atoms with Gasteiger partial charge in [-0.3, -0.25) is 4.79 Å². The Kier molecular flexibility index (Phi) is 5.74. The van der Waals surface area contributed by atoms with Crippen molar-refractivity contribution in [1.82, 2.24) is 9.88 Å². The van der Waals surface area contributed by atoms with Crippen molar-refractivity contribution in [2.24, 2.45) is 0 Å². The Hall–Kier alpha value is -2.59. The highest BCUT2D eigenvalue weighted by atomic mass is 35.5. The molecule has 2 aromatic carbocycles. The van der Waals surface area contributed by atoms with Crippen molar-refractivity contribution in [2.45, 2.75) is 25.8 Å². The van der Waals surface area contributed by atoms with Gasteiger partial charge in [-0.1, -0.05) is 54.1 Å². The minimum Gasteiger partial charge on any atom is -0.441 e. The third kappa shape index (κ3) is 4.33. The monoisotopic (exact) mass is 368 g/mol. The molecule has 0 bridgehead atoms. The number of hydrogen-bond acceptors (Lipinski definition) is 3. The topological polar surface area (TPSA) is 46.3 Å². The number of rotatable bonds is 6. The van der Waals surface area contributed by atoms with E-state index in [-0.39, 0.29) is 11.9 Å². The predicted molar refractivity (Wildman–Crippen MR) is 103 cm³/mol. The summed E-state index contributed by atoms with van der Waals surface area (Å²) in [5, 5.41) is 0.670. The molecule has 4 nitrogen and oxygen atoms in total. The first-order valence-electron chi connectivity index (χ1n) is 8.56. The maximum absolute atomic E-state index is 12.5. The lowest BCUT2D eigenvalue weighted by molar-refractivity contribution is -0.131. The lowest BCUT2D eigenvalue weighted by Crippen LogP contribution is -2.29. The van der Waals surface area contributed by atoms with Crippen molar-refractivity contribution in [2.75, 3.05) is 7.05 Å². The van der Waals surface area contributed by atoms with Gasteiger partial charge in [0.05, 0.1) is 12.2 Å². The molecule has 0 saturated carbocycles. The number of oxazole rings is 1. The molecule has 1 amide bonds. The molecule has 1 unspecified atom stereocenters. The summed E-state index contributed by atoms with van der Waals surface area (Å²) in [5.41, 5.74) is 1.99. The molecule has 0 N–H and O–H groups in total. The zero-order valence-corrected chi connectivity index (χ0v) is 15.6. The van der Waals surface area contributed by atoms with Gasteiger partial charge in [0.2, 0.25) is 5.91 Å². The van der Waals surface area contributed by atoms with E-state index in [2.05, 4.69) is 4.98 Å². The van der Waals surface area contributed by atoms with Crippen LogP contribution in [0.1, 0.15) is 30.8 Å². The van der Waals surface area contributed by atoms with E-state index in [0.29, 0.717) is 29.5 Å². The molecule has 0 saturated heterocycles. The number of aromatic nitrogens is 1. The second-order valence-electron chi connectivity index (χ2n) is 6.22. The number of halogens is 1. The number of aryl methyl sites for hydroxylation is 1. The molecule has 5 heteroatoms. The van der Waals surface area contributed by atoms with E-state index in [9.17, 15) is 4.79 Å². The zero-order valence-electron chi connectivity index (χ0n) is 14.9. The molecular weight excluding hydrogens is 348 g/mol. The predicted octanol–water partition coefficient (Wildman–Crippen LogP) is 5.15. The lowest BCUT2D eigenvalue weighted by atomic mass is 10.1. The molecular formula is C21H21ClN2O2. The standard InChI is InChI=1S/C21H21ClN2O2/c1-15(17-9-6-10-18(22)13-17)24(2)21(25)12-11-20-23-14-19(26-20)16-7-4-3-5-8-16/h3-10,13-15H,11-12H2,1-2H3. The minimum absolute atomic E-state index is 0.0388. The molecule has 0 aliphatic carbocycles. The fourth-order valence-electron chi connectivity index (χ4n) is 2.76. The van der Waals surface area contributed by atoms with Gasteiger partial charge in [-0.25, -0.2) is 4.98 Å². The Morgan fingerprint density at radius 3 is 2.69 bits per heavy atom. The number of carbonyl (C=O) groups is 1. The second-order valence-corrected chi connectivity index (χ2v) is 6.66. The van der Waals surface area contributed by atoms with Gasteiger partial charge in [-0.2, -0.15) is 0 Å². The molecule has 1 aromatic heterocycles. The van der Waals surface area contributed by atoms with Crippen LogP contribution in [0.15, 0.2) is 65.2 Å². The molecule has 0 fully saturated rings. The molecule has 1 atom stereocenters. The van der Waals surface area contributed by atoms with Gasteiger partial charge in [0.1, 0.15) is 0 Å². The van der Waals surface area contributed by atoms with Crippen molar-refractivity contribution in [3.63, 3.8) is 0 Å². The quantitative estimate of drug-likeness (QED) is 0.604. The molecule has 26 heavy (non-hydrogen) atoms. The number of benzene rings is 2. The van der Waals surface area contributed by atoms with E-state index in [1.54, 1.807) is 18.1 Å². The Morgan fingerprint density at radius 1 is 1.19 bits per heavy atom. The molecule has 3 aromatic rings. The fourth-order valence-corrected chi connectivity index (χ4v) is 2.96. The zero-order chi connectivity index (χ0) is 18.5. The maximum Gasteiger partial charge on any atom is 0.223 e. The van der Waals surface area contributed by atoms with Gasteiger partial charge < -0.3 is 9.32 Å². The van der Waals surface area contributed by atoms with Crippen LogP contribution in [-0.2, 0) is 11.2 Å². The van der Waals surface area contributed by atoms with Gasteiger partial charge in [-0.15, -0.1) is 0 Å². The van der Waals surface area contributed by atoms with Crippen LogP contribution in [-0.4, -0.2) is 22.8 Å². The number of hydrogen-bond donors (Lipinski definition) is 0. The first-order valence-corrected chi connectivity index (χ1v) is 8.93. The van der Waals surface area contributed by atoms with Crippen LogP contribution >= 0.6 is 11.6 Å². The number of amides is 1. The van der Waals surface area contributed by atoms with E-state index in [4.69, 9.17) is 16.0 Å². The van der Waals surface area contributed by atoms with Crippen molar-refractivity contribution < 1.29 is 9.21 Å². The highest BCUT2D eigenvalue weighted by Crippen LogP contribution is 2.23. The summed E-state index contributed by atoms with van der Waals surface area (Å²) in [4.78, 5) is 18.5. The van der Waals surface area contributed by atoms with E-state index >= 15 is 0 Å². The van der Waals surface area contributed by atoms with E-state index in [1.165, 1.54) is 0 Å². The summed E-state index contributed by atoms with van der Waals surface area (Å²) in [7, 11) is 1.80. The Labute approximate surface area is 158 Å². The average molecular weight is 369 g/mol. The van der Waals surface area contributed by atoms with Gasteiger partial charge in [0.25, 0.3) is 0 Å². The molecule has 0 aliphatic rings. The fraction of sp³-hybridized carbons (Fsp3) is 0.238. The summed E-state index contributed by atoms with van der Waals surface area (Å²) >= 11 is 6.04. The number of nitrogens with zero attached hydrogens (tertiary/aromatic N) is 2. The summed E-state index contributed by atoms with van der Waals surface area (Å²) in [5.74, 6) is 1.33. The summed E-state index contributed by atoms with van der Waals surface area (Å²) in [6.45, 7) is 1.99. The van der Waals surface area contributed by atoms with Gasteiger partial charge >= 0.3 is 0 Å². The average Bonchev–Trinajstić information content (AvgIpc) is 3.14. The van der Waals surface area contributed by atoms with Gasteiger partial charge in [-0.05, 0) is 24.6 Å². The highest BCUT2D eigenvalue weighted by Gasteiger charge is 2.18. The molecule has 0 radical (unpaired) electrons. The van der Waals surface area contributed by atoms with E-state index in [1.807, 2.05) is 61.5 Å².